The van der Waals surface area contributed by atoms with Crippen LogP contribution in [-0.4, -0.2) is 13.1 Å². The number of methoxy groups -OCH3 is 1. The molecule has 1 rings (SSSR count). The summed E-state index contributed by atoms with van der Waals surface area (Å²) in [4.78, 5) is 13.6. The van der Waals surface area contributed by atoms with Crippen molar-refractivity contribution >= 4 is 21.9 Å². The highest BCUT2D eigenvalue weighted by atomic mass is 79.9. The molecule has 82 valence electrons. The normalized spacial score (nSPS) is 7.41. The quantitative estimate of drug-likeness (QED) is 0.584. The summed E-state index contributed by atoms with van der Waals surface area (Å²) < 4.78 is 4.58. The largest absolute Gasteiger partial charge is 0.465 e. The SMILES string of the molecule is COC(=O)c1ccc(C#CC#CC#CBr)cc1. The fourth-order valence-corrected chi connectivity index (χ4v) is 1.10. The van der Waals surface area contributed by atoms with E-state index in [0.29, 0.717) is 5.56 Å². The second-order valence-electron chi connectivity index (χ2n) is 2.79. The van der Waals surface area contributed by atoms with Crippen LogP contribution in [0.4, 0.5) is 0 Å². The second-order valence-corrected chi connectivity index (χ2v) is 3.18. The van der Waals surface area contributed by atoms with Gasteiger partial charge in [0, 0.05) is 21.5 Å². The highest BCUT2D eigenvalue weighted by Gasteiger charge is 2.02. The molecule has 0 unspecified atom stereocenters. The lowest BCUT2D eigenvalue weighted by atomic mass is 10.1. The van der Waals surface area contributed by atoms with Gasteiger partial charge in [0.15, 0.2) is 0 Å². The number of esters is 1. The number of benzene rings is 1. The first-order chi connectivity index (χ1) is 8.27. The molecule has 0 spiro atoms. The first kappa shape index (κ1) is 12.9. The standard InChI is InChI=1S/C14H7BrO2/c1-17-14(16)13-9-7-12(8-10-13)6-4-2-3-5-11-15/h7-10H,1H3. The van der Waals surface area contributed by atoms with Gasteiger partial charge in [-0.3, -0.25) is 0 Å². The summed E-state index contributed by atoms with van der Waals surface area (Å²) in [6.45, 7) is 0. The average Bonchev–Trinajstić information content (AvgIpc) is 2.38. The van der Waals surface area contributed by atoms with Gasteiger partial charge < -0.3 is 4.74 Å². The number of hydrogen-bond donors (Lipinski definition) is 0. The van der Waals surface area contributed by atoms with Gasteiger partial charge in [0.2, 0.25) is 0 Å². The molecule has 17 heavy (non-hydrogen) atoms. The molecule has 0 saturated carbocycles. The molecule has 0 saturated heterocycles. The van der Waals surface area contributed by atoms with E-state index < -0.39 is 0 Å². The molecule has 0 heterocycles. The Labute approximate surface area is 108 Å². The van der Waals surface area contributed by atoms with Crippen LogP contribution in [0.1, 0.15) is 15.9 Å². The van der Waals surface area contributed by atoms with Crippen molar-refractivity contribution in [1.29, 1.82) is 0 Å². The Morgan fingerprint density at radius 3 is 2.35 bits per heavy atom. The topological polar surface area (TPSA) is 26.3 Å². The Bertz CT molecular complexity index is 581. The van der Waals surface area contributed by atoms with E-state index in [2.05, 4.69) is 55.1 Å². The predicted molar refractivity (Wildman–Crippen MR) is 69.1 cm³/mol. The zero-order valence-electron chi connectivity index (χ0n) is 9.00. The average molecular weight is 287 g/mol. The van der Waals surface area contributed by atoms with Crippen LogP contribution in [-0.2, 0) is 4.74 Å². The molecule has 0 aliphatic rings. The maximum Gasteiger partial charge on any atom is 0.337 e. The highest BCUT2D eigenvalue weighted by Crippen LogP contribution is 2.04. The van der Waals surface area contributed by atoms with E-state index in [1.807, 2.05) is 0 Å². The molecule has 0 atom stereocenters. The lowest BCUT2D eigenvalue weighted by Crippen LogP contribution is -2.00. The molecule has 0 bridgehead atoms. The zero-order valence-corrected chi connectivity index (χ0v) is 10.6. The van der Waals surface area contributed by atoms with Gasteiger partial charge >= 0.3 is 5.97 Å². The fourth-order valence-electron chi connectivity index (χ4n) is 0.997. The summed E-state index contributed by atoms with van der Waals surface area (Å²) in [5.74, 6) is 12.7. The van der Waals surface area contributed by atoms with Gasteiger partial charge in [-0.2, -0.15) is 0 Å². The highest BCUT2D eigenvalue weighted by molar-refractivity contribution is 9.12. The van der Waals surface area contributed by atoms with E-state index in [1.54, 1.807) is 24.3 Å². The van der Waals surface area contributed by atoms with E-state index in [4.69, 9.17) is 0 Å². The minimum absolute atomic E-state index is 0.364. The monoisotopic (exact) mass is 286 g/mol. The molecule has 1 aromatic carbocycles. The minimum Gasteiger partial charge on any atom is -0.465 e. The molecule has 0 amide bonds. The Hall–Kier alpha value is -2.15. The maximum atomic E-state index is 11.2. The van der Waals surface area contributed by atoms with Crippen LogP contribution in [0, 0.1) is 34.4 Å². The predicted octanol–water partition coefficient (Wildman–Crippen LogP) is 2.18. The fraction of sp³-hybridized carbons (Fsp3) is 0.0714. The van der Waals surface area contributed by atoms with Gasteiger partial charge in [-0.15, -0.1) is 0 Å². The molecule has 0 fully saturated rings. The van der Waals surface area contributed by atoms with Crippen molar-refractivity contribution in [1.82, 2.24) is 0 Å². The van der Waals surface area contributed by atoms with Crippen LogP contribution < -0.4 is 0 Å². The Morgan fingerprint density at radius 1 is 1.12 bits per heavy atom. The van der Waals surface area contributed by atoms with Crippen LogP contribution in [0.5, 0.6) is 0 Å². The summed E-state index contributed by atoms with van der Waals surface area (Å²) in [5.41, 5.74) is 1.27. The van der Waals surface area contributed by atoms with Crippen molar-refractivity contribution in [2.75, 3.05) is 7.11 Å². The number of halogens is 1. The number of hydrogen-bond acceptors (Lipinski definition) is 2. The smallest absolute Gasteiger partial charge is 0.337 e. The molecule has 3 heteroatoms. The Morgan fingerprint density at radius 2 is 1.76 bits per heavy atom. The van der Waals surface area contributed by atoms with Gasteiger partial charge in [0.1, 0.15) is 0 Å². The molecule has 2 nitrogen and oxygen atoms in total. The van der Waals surface area contributed by atoms with Gasteiger partial charge in [-0.05, 0) is 52.8 Å². The number of rotatable bonds is 1. The number of ether oxygens (including phenoxy) is 1. The van der Waals surface area contributed by atoms with Crippen molar-refractivity contribution in [2.45, 2.75) is 0 Å². The third-order valence-corrected chi connectivity index (χ3v) is 1.95. The third kappa shape index (κ3) is 4.47. The van der Waals surface area contributed by atoms with E-state index >= 15 is 0 Å². The van der Waals surface area contributed by atoms with Gasteiger partial charge in [0.25, 0.3) is 0 Å². The molecule has 0 aliphatic carbocycles. The summed E-state index contributed by atoms with van der Waals surface area (Å²) in [5, 5.41) is 0. The Balaban J connectivity index is 2.78. The van der Waals surface area contributed by atoms with Gasteiger partial charge in [-0.25, -0.2) is 4.79 Å². The van der Waals surface area contributed by atoms with Crippen molar-refractivity contribution in [3.8, 4) is 34.4 Å². The van der Waals surface area contributed by atoms with Gasteiger partial charge in [-0.1, -0.05) is 5.92 Å². The van der Waals surface area contributed by atoms with Crippen molar-refractivity contribution < 1.29 is 9.53 Å². The summed E-state index contributed by atoms with van der Waals surface area (Å²) in [7, 11) is 1.34. The van der Waals surface area contributed by atoms with E-state index in [-0.39, 0.29) is 5.97 Å². The zero-order chi connectivity index (χ0) is 12.5. The van der Waals surface area contributed by atoms with Gasteiger partial charge in [0.05, 0.1) is 12.7 Å². The molecular weight excluding hydrogens is 280 g/mol. The van der Waals surface area contributed by atoms with Crippen LogP contribution in [0.3, 0.4) is 0 Å². The molecule has 0 radical (unpaired) electrons. The first-order valence-corrected chi connectivity index (χ1v) is 5.37. The second kappa shape index (κ2) is 7.18. The van der Waals surface area contributed by atoms with Crippen molar-refractivity contribution in [3.05, 3.63) is 35.4 Å². The lowest BCUT2D eigenvalue weighted by molar-refractivity contribution is 0.0601. The van der Waals surface area contributed by atoms with E-state index in [9.17, 15) is 4.79 Å². The van der Waals surface area contributed by atoms with Crippen LogP contribution in [0.15, 0.2) is 24.3 Å². The van der Waals surface area contributed by atoms with Crippen molar-refractivity contribution in [3.63, 3.8) is 0 Å². The van der Waals surface area contributed by atoms with Crippen LogP contribution in [0.25, 0.3) is 0 Å². The van der Waals surface area contributed by atoms with E-state index in [0.717, 1.165) is 5.56 Å². The maximum absolute atomic E-state index is 11.2. The van der Waals surface area contributed by atoms with Crippen LogP contribution >= 0.6 is 15.9 Å². The molecule has 1 aromatic rings. The van der Waals surface area contributed by atoms with Crippen molar-refractivity contribution in [2.24, 2.45) is 0 Å². The lowest BCUT2D eigenvalue weighted by Gasteiger charge is -1.97. The Kier molecular flexibility index (Phi) is 5.45. The number of carbonyl (C=O) groups is 1. The molecule has 0 aliphatic heterocycles. The third-order valence-electron chi connectivity index (χ3n) is 1.75. The summed E-state index contributed by atoms with van der Waals surface area (Å²) in [6.07, 6.45) is 0. The summed E-state index contributed by atoms with van der Waals surface area (Å²) >= 11 is 2.92. The molecular formula is C14H7BrO2. The molecule has 0 aromatic heterocycles. The number of carbonyl (C=O) groups excluding carboxylic acids is 1. The minimum atomic E-state index is -0.364. The van der Waals surface area contributed by atoms with E-state index in [1.165, 1.54) is 7.11 Å². The van der Waals surface area contributed by atoms with Crippen LogP contribution in [0.2, 0.25) is 0 Å². The molecule has 0 N–H and O–H groups in total. The first-order valence-electron chi connectivity index (χ1n) is 4.58. The summed E-state index contributed by atoms with van der Waals surface area (Å²) in [6, 6.07) is 6.78.